The Morgan fingerprint density at radius 2 is 1.86 bits per heavy atom. The van der Waals surface area contributed by atoms with Crippen LogP contribution in [-0.4, -0.2) is 18.8 Å². The van der Waals surface area contributed by atoms with Gasteiger partial charge in [0.2, 0.25) is 0 Å². The summed E-state index contributed by atoms with van der Waals surface area (Å²) in [5.41, 5.74) is 4.07. The van der Waals surface area contributed by atoms with Gasteiger partial charge in [0.25, 0.3) is 0 Å². The fraction of sp³-hybridized carbons (Fsp3) is 0.333. The molecule has 1 aliphatic rings. The molecule has 21 heavy (non-hydrogen) atoms. The molecule has 2 atom stereocenters. The fourth-order valence-electron chi connectivity index (χ4n) is 3.16. The molecule has 0 saturated carbocycles. The molecule has 2 aromatic rings. The Balaban J connectivity index is 1.95. The molecule has 0 amide bonds. The van der Waals surface area contributed by atoms with Crippen LogP contribution in [0, 0.1) is 13.8 Å². The molecule has 2 unspecified atom stereocenters. The van der Waals surface area contributed by atoms with Crippen molar-refractivity contribution < 1.29 is 14.6 Å². The monoisotopic (exact) mass is 284 g/mol. The van der Waals surface area contributed by atoms with Gasteiger partial charge in [0, 0.05) is 5.56 Å². The molecule has 110 valence electrons. The maximum atomic E-state index is 10.8. The van der Waals surface area contributed by atoms with Gasteiger partial charge in [-0.15, -0.1) is 0 Å². The quantitative estimate of drug-likeness (QED) is 0.937. The van der Waals surface area contributed by atoms with Gasteiger partial charge in [-0.05, 0) is 48.7 Å². The Morgan fingerprint density at radius 3 is 2.52 bits per heavy atom. The zero-order valence-electron chi connectivity index (χ0n) is 12.6. The van der Waals surface area contributed by atoms with Crippen molar-refractivity contribution in [1.82, 2.24) is 0 Å². The van der Waals surface area contributed by atoms with E-state index >= 15 is 0 Å². The second kappa shape index (κ2) is 5.41. The lowest BCUT2D eigenvalue weighted by molar-refractivity contribution is 0.130. The van der Waals surface area contributed by atoms with E-state index in [0.29, 0.717) is 6.61 Å². The number of rotatable bonds is 3. The van der Waals surface area contributed by atoms with Crippen LogP contribution >= 0.6 is 0 Å². The summed E-state index contributed by atoms with van der Waals surface area (Å²) in [6.45, 7) is 4.52. The zero-order chi connectivity index (χ0) is 15.0. The van der Waals surface area contributed by atoms with Crippen molar-refractivity contribution in [1.29, 1.82) is 0 Å². The van der Waals surface area contributed by atoms with Gasteiger partial charge >= 0.3 is 0 Å². The highest BCUT2D eigenvalue weighted by Gasteiger charge is 2.31. The fourth-order valence-corrected chi connectivity index (χ4v) is 3.16. The molecule has 0 aliphatic carbocycles. The number of methoxy groups -OCH3 is 1. The first kappa shape index (κ1) is 14.0. The molecule has 3 nitrogen and oxygen atoms in total. The van der Waals surface area contributed by atoms with Crippen molar-refractivity contribution in [3.05, 3.63) is 58.7 Å². The van der Waals surface area contributed by atoms with E-state index in [1.54, 1.807) is 7.11 Å². The number of hydrogen-bond donors (Lipinski definition) is 1. The van der Waals surface area contributed by atoms with E-state index in [9.17, 15) is 5.11 Å². The third-order valence-corrected chi connectivity index (χ3v) is 4.15. The number of hydrogen-bond acceptors (Lipinski definition) is 3. The summed E-state index contributed by atoms with van der Waals surface area (Å²) >= 11 is 0. The van der Waals surface area contributed by atoms with Crippen LogP contribution in [0.15, 0.2) is 36.4 Å². The Labute approximate surface area is 125 Å². The lowest BCUT2D eigenvalue weighted by Crippen LogP contribution is -2.13. The van der Waals surface area contributed by atoms with Crippen LogP contribution in [0.5, 0.6) is 11.5 Å². The van der Waals surface area contributed by atoms with E-state index in [2.05, 4.69) is 0 Å². The van der Waals surface area contributed by atoms with Gasteiger partial charge in [0.15, 0.2) is 0 Å². The van der Waals surface area contributed by atoms with Crippen LogP contribution < -0.4 is 9.47 Å². The van der Waals surface area contributed by atoms with Crippen LogP contribution in [-0.2, 0) is 0 Å². The minimum absolute atomic E-state index is 0.0200. The predicted octanol–water partition coefficient (Wildman–Crippen LogP) is 3.52. The van der Waals surface area contributed by atoms with Crippen molar-refractivity contribution in [2.45, 2.75) is 25.9 Å². The van der Waals surface area contributed by atoms with E-state index in [1.807, 2.05) is 50.2 Å². The molecule has 0 fully saturated rings. The van der Waals surface area contributed by atoms with Crippen LogP contribution in [0.25, 0.3) is 0 Å². The molecule has 0 aromatic heterocycles. The van der Waals surface area contributed by atoms with Crippen LogP contribution in [0.3, 0.4) is 0 Å². The number of fused-ring (bicyclic) bond motifs is 1. The maximum Gasteiger partial charge on any atom is 0.124 e. The zero-order valence-corrected chi connectivity index (χ0v) is 12.6. The van der Waals surface area contributed by atoms with Crippen LogP contribution in [0.4, 0.5) is 0 Å². The molecule has 1 N–H and O–H groups in total. The lowest BCUT2D eigenvalue weighted by atomic mass is 9.89. The lowest BCUT2D eigenvalue weighted by Gasteiger charge is -2.20. The van der Waals surface area contributed by atoms with Crippen molar-refractivity contribution >= 4 is 0 Å². The minimum atomic E-state index is -0.572. The summed E-state index contributed by atoms with van der Waals surface area (Å²) in [6, 6.07) is 11.9. The highest BCUT2D eigenvalue weighted by Crippen LogP contribution is 2.42. The second-order valence-corrected chi connectivity index (χ2v) is 5.59. The Bertz CT molecular complexity index is 640. The highest BCUT2D eigenvalue weighted by atomic mass is 16.5. The standard InChI is InChI=1S/C18H20O3/c1-11-8-13(9-12(2)18(11)20-3)17(19)15-10-21-16-7-5-4-6-14(15)16/h4-9,15,17,19H,10H2,1-3H3. The van der Waals surface area contributed by atoms with Gasteiger partial charge in [-0.1, -0.05) is 18.2 Å². The van der Waals surface area contributed by atoms with E-state index in [-0.39, 0.29) is 5.92 Å². The van der Waals surface area contributed by atoms with Gasteiger partial charge in [-0.3, -0.25) is 0 Å². The molecule has 1 aliphatic heterocycles. The second-order valence-electron chi connectivity index (χ2n) is 5.59. The van der Waals surface area contributed by atoms with Gasteiger partial charge < -0.3 is 14.6 Å². The molecule has 0 radical (unpaired) electrons. The SMILES string of the molecule is COc1c(C)cc(C(O)C2COc3ccccc32)cc1C. The topological polar surface area (TPSA) is 38.7 Å². The molecule has 3 heteroatoms. The third kappa shape index (κ3) is 2.38. The average molecular weight is 284 g/mol. The summed E-state index contributed by atoms with van der Waals surface area (Å²) in [6.07, 6.45) is -0.572. The first-order valence-corrected chi connectivity index (χ1v) is 7.16. The van der Waals surface area contributed by atoms with Gasteiger partial charge in [0.1, 0.15) is 11.5 Å². The van der Waals surface area contributed by atoms with Gasteiger partial charge in [-0.2, -0.15) is 0 Å². The number of aliphatic hydroxyl groups excluding tert-OH is 1. The van der Waals surface area contributed by atoms with Crippen molar-refractivity contribution in [3.8, 4) is 11.5 Å². The number of aliphatic hydroxyl groups is 1. The largest absolute Gasteiger partial charge is 0.496 e. The van der Waals surface area contributed by atoms with E-state index in [1.165, 1.54) is 0 Å². The molecule has 0 bridgehead atoms. The van der Waals surface area contributed by atoms with Crippen LogP contribution in [0.1, 0.15) is 34.3 Å². The maximum absolute atomic E-state index is 10.8. The van der Waals surface area contributed by atoms with Gasteiger partial charge in [0.05, 0.1) is 25.7 Å². The van der Waals surface area contributed by atoms with Crippen molar-refractivity contribution in [3.63, 3.8) is 0 Å². The first-order chi connectivity index (χ1) is 10.1. The van der Waals surface area contributed by atoms with Crippen LogP contribution in [0.2, 0.25) is 0 Å². The summed E-state index contributed by atoms with van der Waals surface area (Å²) < 4.78 is 11.1. The number of benzene rings is 2. The summed E-state index contributed by atoms with van der Waals surface area (Å²) in [4.78, 5) is 0. The Kier molecular flexibility index (Phi) is 3.60. The Morgan fingerprint density at radius 1 is 1.19 bits per heavy atom. The number of aryl methyl sites for hydroxylation is 2. The number of ether oxygens (including phenoxy) is 2. The summed E-state index contributed by atoms with van der Waals surface area (Å²) in [5, 5.41) is 10.8. The first-order valence-electron chi connectivity index (χ1n) is 7.16. The molecule has 2 aromatic carbocycles. The minimum Gasteiger partial charge on any atom is -0.496 e. The van der Waals surface area contributed by atoms with E-state index in [0.717, 1.165) is 33.8 Å². The van der Waals surface area contributed by atoms with Gasteiger partial charge in [-0.25, -0.2) is 0 Å². The third-order valence-electron chi connectivity index (χ3n) is 4.15. The smallest absolute Gasteiger partial charge is 0.124 e. The number of para-hydroxylation sites is 1. The molecule has 0 spiro atoms. The van der Waals surface area contributed by atoms with Crippen molar-refractivity contribution in [2.24, 2.45) is 0 Å². The molecule has 0 saturated heterocycles. The summed E-state index contributed by atoms with van der Waals surface area (Å²) in [7, 11) is 1.67. The van der Waals surface area contributed by atoms with E-state index in [4.69, 9.17) is 9.47 Å². The molecular formula is C18H20O3. The predicted molar refractivity (Wildman–Crippen MR) is 82.1 cm³/mol. The normalized spacial score (nSPS) is 18.0. The summed E-state index contributed by atoms with van der Waals surface area (Å²) in [5.74, 6) is 1.74. The van der Waals surface area contributed by atoms with E-state index < -0.39 is 6.10 Å². The molecule has 1 heterocycles. The molecular weight excluding hydrogens is 264 g/mol. The highest BCUT2D eigenvalue weighted by molar-refractivity contribution is 5.46. The van der Waals surface area contributed by atoms with Crippen molar-refractivity contribution in [2.75, 3.05) is 13.7 Å². The Hall–Kier alpha value is -2.00. The molecule has 3 rings (SSSR count). The average Bonchev–Trinajstić information content (AvgIpc) is 2.90.